The minimum absolute atomic E-state index is 0.401. The first-order valence-electron chi connectivity index (χ1n) is 6.77. The predicted octanol–water partition coefficient (Wildman–Crippen LogP) is 2.39. The van der Waals surface area contributed by atoms with Crippen LogP contribution in [0.1, 0.15) is 47.0 Å². The van der Waals surface area contributed by atoms with E-state index in [4.69, 9.17) is 0 Å². The molecular weight excluding hydrogens is 210 g/mol. The largest absolute Gasteiger partial charge is 0.303 e. The molecule has 0 spiro atoms. The Morgan fingerprint density at radius 1 is 1.53 bits per heavy atom. The molecule has 1 aliphatic heterocycles. The van der Waals surface area contributed by atoms with Gasteiger partial charge in [0.1, 0.15) is 5.54 Å². The molecule has 0 saturated carbocycles. The molecule has 0 bridgehead atoms. The third-order valence-corrected chi connectivity index (χ3v) is 4.26. The number of hydrogen-bond donors (Lipinski definition) is 1. The zero-order chi connectivity index (χ0) is 13.1. The van der Waals surface area contributed by atoms with E-state index in [1.165, 1.54) is 19.4 Å². The van der Waals surface area contributed by atoms with E-state index in [1.807, 2.05) is 14.0 Å². The van der Waals surface area contributed by atoms with Crippen molar-refractivity contribution in [2.75, 3.05) is 13.6 Å². The van der Waals surface area contributed by atoms with Crippen LogP contribution in [0.3, 0.4) is 0 Å². The number of nitrogens with zero attached hydrogens (tertiary/aromatic N) is 2. The van der Waals surface area contributed by atoms with Gasteiger partial charge in [0, 0.05) is 12.1 Å². The van der Waals surface area contributed by atoms with E-state index in [2.05, 4.69) is 37.1 Å². The van der Waals surface area contributed by atoms with Gasteiger partial charge in [0.05, 0.1) is 6.07 Å². The summed E-state index contributed by atoms with van der Waals surface area (Å²) in [5, 5.41) is 12.3. The molecule has 98 valence electrons. The Bertz CT molecular complexity index is 284. The quantitative estimate of drug-likeness (QED) is 0.816. The maximum absolute atomic E-state index is 9.21. The summed E-state index contributed by atoms with van der Waals surface area (Å²) in [6.07, 6.45) is 3.46. The van der Waals surface area contributed by atoms with Gasteiger partial charge in [0.15, 0.2) is 0 Å². The van der Waals surface area contributed by atoms with Crippen LogP contribution < -0.4 is 5.32 Å². The highest BCUT2D eigenvalue weighted by Crippen LogP contribution is 2.26. The summed E-state index contributed by atoms with van der Waals surface area (Å²) in [5.74, 6) is 0.847. The second-order valence-corrected chi connectivity index (χ2v) is 5.96. The minimum Gasteiger partial charge on any atom is -0.303 e. The van der Waals surface area contributed by atoms with Crippen LogP contribution in [0.15, 0.2) is 0 Å². The normalized spacial score (nSPS) is 31.5. The van der Waals surface area contributed by atoms with E-state index in [-0.39, 0.29) is 0 Å². The molecule has 4 atom stereocenters. The molecule has 1 heterocycles. The average molecular weight is 237 g/mol. The monoisotopic (exact) mass is 237 g/mol. The summed E-state index contributed by atoms with van der Waals surface area (Å²) in [7, 11) is 1.87. The number of likely N-dealkylation sites (tertiary alicyclic amines) is 1. The summed E-state index contributed by atoms with van der Waals surface area (Å²) in [4.78, 5) is 2.56. The summed E-state index contributed by atoms with van der Waals surface area (Å²) in [5.41, 5.74) is -0.401. The molecule has 0 radical (unpaired) electrons. The van der Waals surface area contributed by atoms with Crippen molar-refractivity contribution in [3.63, 3.8) is 0 Å². The molecule has 1 aliphatic rings. The van der Waals surface area contributed by atoms with Crippen molar-refractivity contribution in [3.8, 4) is 6.07 Å². The van der Waals surface area contributed by atoms with Crippen molar-refractivity contribution in [1.82, 2.24) is 10.2 Å². The van der Waals surface area contributed by atoms with Gasteiger partial charge in [-0.15, -0.1) is 0 Å². The van der Waals surface area contributed by atoms with E-state index in [1.54, 1.807) is 0 Å². The fourth-order valence-electron chi connectivity index (χ4n) is 2.99. The van der Waals surface area contributed by atoms with Gasteiger partial charge in [-0.1, -0.05) is 6.92 Å². The second-order valence-electron chi connectivity index (χ2n) is 5.96. The fraction of sp³-hybridized carbons (Fsp3) is 0.929. The Morgan fingerprint density at radius 2 is 2.18 bits per heavy atom. The zero-order valence-corrected chi connectivity index (χ0v) is 12.0. The highest BCUT2D eigenvalue weighted by atomic mass is 15.2. The molecule has 3 heteroatoms. The van der Waals surface area contributed by atoms with Gasteiger partial charge in [0.25, 0.3) is 0 Å². The van der Waals surface area contributed by atoms with Crippen molar-refractivity contribution >= 4 is 0 Å². The van der Waals surface area contributed by atoms with E-state index < -0.39 is 5.54 Å². The number of hydrogen-bond acceptors (Lipinski definition) is 3. The number of nitrogens with one attached hydrogen (secondary N) is 1. The number of rotatable bonds is 4. The Hall–Kier alpha value is -0.590. The van der Waals surface area contributed by atoms with Crippen molar-refractivity contribution in [3.05, 3.63) is 0 Å². The van der Waals surface area contributed by atoms with E-state index in [9.17, 15) is 5.26 Å². The van der Waals surface area contributed by atoms with Crippen LogP contribution in [-0.2, 0) is 0 Å². The van der Waals surface area contributed by atoms with Gasteiger partial charge in [-0.3, -0.25) is 4.90 Å². The molecule has 4 unspecified atom stereocenters. The minimum atomic E-state index is -0.401. The summed E-state index contributed by atoms with van der Waals surface area (Å²) < 4.78 is 0. The maximum atomic E-state index is 9.21. The van der Waals surface area contributed by atoms with E-state index >= 15 is 0 Å². The Kier molecular flexibility index (Phi) is 4.97. The van der Waals surface area contributed by atoms with Crippen molar-refractivity contribution in [2.45, 2.75) is 64.6 Å². The lowest BCUT2D eigenvalue weighted by Gasteiger charge is -2.42. The first-order chi connectivity index (χ1) is 7.91. The van der Waals surface area contributed by atoms with Crippen LogP contribution in [0.2, 0.25) is 0 Å². The Labute approximate surface area is 106 Å². The van der Waals surface area contributed by atoms with Crippen LogP contribution in [0, 0.1) is 17.2 Å². The van der Waals surface area contributed by atoms with Gasteiger partial charge < -0.3 is 5.32 Å². The first-order valence-corrected chi connectivity index (χ1v) is 6.77. The van der Waals surface area contributed by atoms with Gasteiger partial charge in [-0.25, -0.2) is 0 Å². The highest BCUT2D eigenvalue weighted by molar-refractivity contribution is 5.05. The summed E-state index contributed by atoms with van der Waals surface area (Å²) >= 11 is 0. The molecule has 1 fully saturated rings. The van der Waals surface area contributed by atoms with Crippen LogP contribution in [0.25, 0.3) is 0 Å². The van der Waals surface area contributed by atoms with Crippen LogP contribution in [-0.4, -0.2) is 36.1 Å². The summed E-state index contributed by atoms with van der Waals surface area (Å²) in [6, 6.07) is 3.50. The second kappa shape index (κ2) is 5.84. The molecular formula is C14H27N3. The number of nitriles is 1. The smallest absolute Gasteiger partial charge is 0.105 e. The lowest BCUT2D eigenvalue weighted by molar-refractivity contribution is 0.0767. The molecule has 1 saturated heterocycles. The molecule has 0 amide bonds. The van der Waals surface area contributed by atoms with Gasteiger partial charge >= 0.3 is 0 Å². The molecule has 1 N–H and O–H groups in total. The molecule has 0 aliphatic carbocycles. The molecule has 0 aromatic carbocycles. The third-order valence-electron chi connectivity index (χ3n) is 4.26. The Morgan fingerprint density at radius 3 is 2.65 bits per heavy atom. The van der Waals surface area contributed by atoms with Gasteiger partial charge in [0.2, 0.25) is 0 Å². The van der Waals surface area contributed by atoms with Gasteiger partial charge in [-0.05, 0) is 59.5 Å². The fourth-order valence-corrected chi connectivity index (χ4v) is 2.99. The van der Waals surface area contributed by atoms with E-state index in [0.29, 0.717) is 12.1 Å². The maximum Gasteiger partial charge on any atom is 0.105 e. The molecule has 0 aromatic rings. The lowest BCUT2D eigenvalue weighted by Crippen LogP contribution is -2.50. The molecule has 1 rings (SSSR count). The van der Waals surface area contributed by atoms with Crippen molar-refractivity contribution < 1.29 is 0 Å². The van der Waals surface area contributed by atoms with Crippen LogP contribution >= 0.6 is 0 Å². The lowest BCUT2D eigenvalue weighted by atomic mass is 9.89. The van der Waals surface area contributed by atoms with Crippen molar-refractivity contribution in [2.24, 2.45) is 5.92 Å². The highest BCUT2D eigenvalue weighted by Gasteiger charge is 2.31. The zero-order valence-electron chi connectivity index (χ0n) is 12.0. The first kappa shape index (κ1) is 14.5. The standard InChI is InChI=1S/C14H27N3/c1-11-6-7-17(12(2)8-11)13(3)9-14(4,10-15)16-5/h11-13,16H,6-9H2,1-5H3. The molecule has 3 nitrogen and oxygen atoms in total. The number of piperidine rings is 1. The van der Waals surface area contributed by atoms with Crippen LogP contribution in [0.5, 0.6) is 0 Å². The van der Waals surface area contributed by atoms with Gasteiger partial charge in [-0.2, -0.15) is 5.26 Å². The van der Waals surface area contributed by atoms with Crippen LogP contribution in [0.4, 0.5) is 0 Å². The average Bonchev–Trinajstić information content (AvgIpc) is 2.28. The van der Waals surface area contributed by atoms with Crippen molar-refractivity contribution in [1.29, 1.82) is 5.26 Å². The Balaban J connectivity index is 2.59. The third kappa shape index (κ3) is 3.69. The molecule has 17 heavy (non-hydrogen) atoms. The SMILES string of the molecule is CNC(C)(C#N)CC(C)N1CCC(C)CC1C. The topological polar surface area (TPSA) is 39.1 Å². The predicted molar refractivity (Wildman–Crippen MR) is 71.7 cm³/mol. The molecule has 0 aromatic heterocycles. The summed E-state index contributed by atoms with van der Waals surface area (Å²) in [6.45, 7) is 10.1. The van der Waals surface area contributed by atoms with E-state index in [0.717, 1.165) is 12.3 Å².